The Morgan fingerprint density at radius 2 is 1.71 bits per heavy atom. The van der Waals surface area contributed by atoms with Gasteiger partial charge in [-0.3, -0.25) is 9.69 Å². The van der Waals surface area contributed by atoms with Crippen molar-refractivity contribution in [3.63, 3.8) is 0 Å². The van der Waals surface area contributed by atoms with Crippen LogP contribution in [-0.2, 0) is 4.79 Å². The highest BCUT2D eigenvalue weighted by Gasteiger charge is 2.35. The maximum atomic E-state index is 12.4. The zero-order chi connectivity index (χ0) is 20.1. The van der Waals surface area contributed by atoms with Crippen LogP contribution in [0.3, 0.4) is 0 Å². The van der Waals surface area contributed by atoms with Crippen LogP contribution in [0.2, 0.25) is 0 Å². The highest BCUT2D eigenvalue weighted by Crippen LogP contribution is 2.29. The Bertz CT molecular complexity index is 687. The summed E-state index contributed by atoms with van der Waals surface area (Å²) in [5.41, 5.74) is 1.54. The lowest BCUT2D eigenvalue weighted by atomic mass is 9.83. The first-order valence-corrected chi connectivity index (χ1v) is 10.6. The van der Waals surface area contributed by atoms with Crippen LogP contribution in [0.1, 0.15) is 39.2 Å². The van der Waals surface area contributed by atoms with E-state index in [-0.39, 0.29) is 5.41 Å². The number of hydrogen-bond donors (Lipinski definition) is 1. The Morgan fingerprint density at radius 1 is 1.11 bits per heavy atom. The van der Waals surface area contributed by atoms with Gasteiger partial charge in [0.2, 0.25) is 0 Å². The number of rotatable bonds is 7. The molecule has 0 aromatic heterocycles. The summed E-state index contributed by atoms with van der Waals surface area (Å²) < 4.78 is 0. The van der Waals surface area contributed by atoms with Gasteiger partial charge in [0.25, 0.3) is 0 Å². The number of piperidine rings is 2. The van der Waals surface area contributed by atoms with Gasteiger partial charge in [0.1, 0.15) is 0 Å². The van der Waals surface area contributed by atoms with Crippen molar-refractivity contribution < 1.29 is 4.79 Å². The summed E-state index contributed by atoms with van der Waals surface area (Å²) in [5, 5.41) is 12.3. The number of Topliss-reactive ketones (excluding diaryl/α,β-unsaturated/α-hetero) is 1. The first-order chi connectivity index (χ1) is 13.3. The number of hydrogen-bond acceptors (Lipinski definition) is 5. The van der Waals surface area contributed by atoms with Gasteiger partial charge in [-0.05, 0) is 55.5 Å². The molecular formula is C23H34N4O. The molecule has 2 bridgehead atoms. The van der Waals surface area contributed by atoms with Gasteiger partial charge in [0, 0.05) is 43.8 Å². The van der Waals surface area contributed by atoms with Crippen molar-refractivity contribution in [2.24, 2.45) is 17.3 Å². The van der Waals surface area contributed by atoms with E-state index in [0.717, 1.165) is 51.4 Å². The highest BCUT2D eigenvalue weighted by molar-refractivity contribution is 5.85. The highest BCUT2D eigenvalue weighted by atomic mass is 16.1. The summed E-state index contributed by atoms with van der Waals surface area (Å²) in [7, 11) is 0. The number of anilines is 1. The van der Waals surface area contributed by atoms with Crippen molar-refractivity contribution in [1.82, 2.24) is 9.80 Å². The monoisotopic (exact) mass is 382 g/mol. The number of benzene rings is 1. The van der Waals surface area contributed by atoms with Crippen LogP contribution in [0.25, 0.3) is 0 Å². The van der Waals surface area contributed by atoms with Crippen molar-refractivity contribution in [3.05, 3.63) is 29.8 Å². The molecule has 0 radical (unpaired) electrons. The molecular weight excluding hydrogens is 348 g/mol. The van der Waals surface area contributed by atoms with Gasteiger partial charge >= 0.3 is 0 Å². The fourth-order valence-electron chi connectivity index (χ4n) is 4.44. The summed E-state index contributed by atoms with van der Waals surface area (Å²) in [6.45, 7) is 13.2. The minimum Gasteiger partial charge on any atom is -0.385 e. The number of nitrogens with zero attached hydrogens (tertiary/aromatic N) is 3. The van der Waals surface area contributed by atoms with Gasteiger partial charge in [-0.15, -0.1) is 0 Å². The summed E-state index contributed by atoms with van der Waals surface area (Å²) in [4.78, 5) is 17.4. The third kappa shape index (κ3) is 5.80. The standard InChI is InChI=1S/C23H34N4O/c1-23(2,3)22(28)17-27-15-19-11-20(16-27)14-26(13-19)10-4-9-25-21-7-5-18(12-24)6-8-21/h5-8,19-20,25H,4,9-11,13-17H2,1-3H3. The first-order valence-electron chi connectivity index (χ1n) is 10.6. The average Bonchev–Trinajstić information content (AvgIpc) is 2.64. The molecule has 2 aliphatic heterocycles. The molecule has 152 valence electrons. The Hall–Kier alpha value is -1.90. The molecule has 2 fully saturated rings. The van der Waals surface area contributed by atoms with E-state index < -0.39 is 0 Å². The number of carbonyl (C=O) groups excluding carboxylic acids is 1. The zero-order valence-corrected chi connectivity index (χ0v) is 17.6. The minimum atomic E-state index is -0.236. The molecule has 1 aromatic carbocycles. The van der Waals surface area contributed by atoms with Crippen LogP contribution in [0, 0.1) is 28.6 Å². The molecule has 5 heteroatoms. The molecule has 0 saturated carbocycles. The maximum absolute atomic E-state index is 12.4. The quantitative estimate of drug-likeness (QED) is 0.734. The predicted molar refractivity (Wildman–Crippen MR) is 113 cm³/mol. The van der Waals surface area contributed by atoms with Crippen LogP contribution >= 0.6 is 0 Å². The summed E-state index contributed by atoms with van der Waals surface area (Å²) in [5.74, 6) is 1.76. The lowest BCUT2D eigenvalue weighted by molar-refractivity contribution is -0.128. The second-order valence-corrected chi connectivity index (χ2v) is 9.56. The number of fused-ring (bicyclic) bond motifs is 2. The molecule has 1 N–H and O–H groups in total. The van der Waals surface area contributed by atoms with Crippen molar-refractivity contribution in [2.45, 2.75) is 33.6 Å². The van der Waals surface area contributed by atoms with E-state index >= 15 is 0 Å². The Kier molecular flexibility index (Phi) is 6.74. The van der Waals surface area contributed by atoms with Gasteiger partial charge in [0.05, 0.1) is 18.2 Å². The fourth-order valence-corrected chi connectivity index (χ4v) is 4.44. The van der Waals surface area contributed by atoms with Crippen LogP contribution in [0.15, 0.2) is 24.3 Å². The molecule has 0 amide bonds. The second kappa shape index (κ2) is 9.07. The second-order valence-electron chi connectivity index (χ2n) is 9.56. The molecule has 2 saturated heterocycles. The number of likely N-dealkylation sites (tertiary alicyclic amines) is 2. The van der Waals surface area contributed by atoms with Gasteiger partial charge in [-0.25, -0.2) is 0 Å². The molecule has 2 heterocycles. The number of ketones is 1. The largest absolute Gasteiger partial charge is 0.385 e. The van der Waals surface area contributed by atoms with Crippen molar-refractivity contribution in [3.8, 4) is 6.07 Å². The number of nitriles is 1. The molecule has 5 nitrogen and oxygen atoms in total. The SMILES string of the molecule is CC(C)(C)C(=O)CN1CC2CC(CN(CCCNc3ccc(C#N)cc3)C2)C1. The Morgan fingerprint density at radius 3 is 2.29 bits per heavy atom. The topological polar surface area (TPSA) is 59.4 Å². The molecule has 0 aliphatic carbocycles. The minimum absolute atomic E-state index is 0.236. The van der Waals surface area contributed by atoms with E-state index in [4.69, 9.17) is 5.26 Å². The van der Waals surface area contributed by atoms with Gasteiger partial charge < -0.3 is 10.2 Å². The number of carbonyl (C=O) groups is 1. The lowest BCUT2D eigenvalue weighted by Crippen LogP contribution is -2.54. The Balaban J connectivity index is 1.38. The molecule has 28 heavy (non-hydrogen) atoms. The van der Waals surface area contributed by atoms with E-state index in [2.05, 4.69) is 21.2 Å². The van der Waals surface area contributed by atoms with Crippen LogP contribution in [0.5, 0.6) is 0 Å². The van der Waals surface area contributed by atoms with Crippen LogP contribution < -0.4 is 5.32 Å². The van der Waals surface area contributed by atoms with Gasteiger partial charge in [0.15, 0.2) is 5.78 Å². The van der Waals surface area contributed by atoms with Crippen molar-refractivity contribution in [1.29, 1.82) is 5.26 Å². The first kappa shape index (κ1) is 20.8. The van der Waals surface area contributed by atoms with Crippen LogP contribution in [-0.4, -0.2) is 61.4 Å². The van der Waals surface area contributed by atoms with Gasteiger partial charge in [-0.2, -0.15) is 5.26 Å². The van der Waals surface area contributed by atoms with Crippen LogP contribution in [0.4, 0.5) is 5.69 Å². The third-order valence-electron chi connectivity index (χ3n) is 5.93. The van der Waals surface area contributed by atoms with E-state index in [1.54, 1.807) is 0 Å². The van der Waals surface area contributed by atoms with Crippen molar-refractivity contribution >= 4 is 11.5 Å². The predicted octanol–water partition coefficient (Wildman–Crippen LogP) is 3.23. The lowest BCUT2D eigenvalue weighted by Gasteiger charge is -2.46. The Labute approximate surface area is 169 Å². The molecule has 3 rings (SSSR count). The zero-order valence-electron chi connectivity index (χ0n) is 17.6. The smallest absolute Gasteiger partial charge is 0.152 e. The summed E-state index contributed by atoms with van der Waals surface area (Å²) >= 11 is 0. The third-order valence-corrected chi connectivity index (χ3v) is 5.93. The maximum Gasteiger partial charge on any atom is 0.152 e. The molecule has 2 aliphatic rings. The van der Waals surface area contributed by atoms with E-state index in [1.807, 2.05) is 45.0 Å². The summed E-state index contributed by atoms with van der Waals surface area (Å²) in [6.07, 6.45) is 2.44. The molecule has 2 atom stereocenters. The van der Waals surface area contributed by atoms with E-state index in [1.165, 1.54) is 6.42 Å². The fraction of sp³-hybridized carbons (Fsp3) is 0.652. The average molecular weight is 383 g/mol. The van der Waals surface area contributed by atoms with Crippen molar-refractivity contribution in [2.75, 3.05) is 51.1 Å². The molecule has 0 spiro atoms. The number of nitrogens with one attached hydrogen (secondary N) is 1. The normalized spacial score (nSPS) is 23.2. The summed E-state index contributed by atoms with van der Waals surface area (Å²) in [6, 6.07) is 9.79. The van der Waals surface area contributed by atoms with E-state index in [0.29, 0.717) is 29.7 Å². The van der Waals surface area contributed by atoms with Gasteiger partial charge in [-0.1, -0.05) is 20.8 Å². The van der Waals surface area contributed by atoms with E-state index in [9.17, 15) is 4.79 Å². The molecule has 1 aromatic rings. The molecule has 2 unspecified atom stereocenters.